The van der Waals surface area contributed by atoms with Crippen molar-refractivity contribution in [1.82, 2.24) is 5.32 Å². The van der Waals surface area contributed by atoms with Crippen molar-refractivity contribution in [3.63, 3.8) is 0 Å². The minimum absolute atomic E-state index is 0.0981. The van der Waals surface area contributed by atoms with Crippen LogP contribution >= 0.6 is 0 Å². The van der Waals surface area contributed by atoms with E-state index in [1.165, 1.54) is 0 Å². The third kappa shape index (κ3) is 1.70. The highest BCUT2D eigenvalue weighted by Crippen LogP contribution is 2.30. The van der Waals surface area contributed by atoms with E-state index in [9.17, 15) is 4.79 Å². The van der Waals surface area contributed by atoms with E-state index in [0.29, 0.717) is 12.6 Å². The van der Waals surface area contributed by atoms with Crippen LogP contribution in [0.1, 0.15) is 13.8 Å². The van der Waals surface area contributed by atoms with Gasteiger partial charge in [-0.2, -0.15) is 0 Å². The first kappa shape index (κ1) is 7.54. The molecule has 1 fully saturated rings. The standard InChI is InChI=1S/C7H13NO2/c1-7(2,4-8-5-9)6-3-10-6/h5-6H,3-4H2,1-2H3,(H,8,9). The summed E-state index contributed by atoms with van der Waals surface area (Å²) in [4.78, 5) is 9.94. The summed E-state index contributed by atoms with van der Waals surface area (Å²) in [7, 11) is 0. The topological polar surface area (TPSA) is 41.6 Å². The van der Waals surface area contributed by atoms with Crippen molar-refractivity contribution < 1.29 is 9.53 Å². The monoisotopic (exact) mass is 143 g/mol. The van der Waals surface area contributed by atoms with E-state index in [1.807, 2.05) is 0 Å². The molecule has 1 aliphatic rings. The van der Waals surface area contributed by atoms with Gasteiger partial charge in [0, 0.05) is 12.0 Å². The van der Waals surface area contributed by atoms with Crippen LogP contribution in [-0.4, -0.2) is 25.7 Å². The van der Waals surface area contributed by atoms with Gasteiger partial charge < -0.3 is 10.1 Å². The number of epoxide rings is 1. The first-order valence-electron chi connectivity index (χ1n) is 3.45. The molecular formula is C7H13NO2. The van der Waals surface area contributed by atoms with Crippen LogP contribution < -0.4 is 5.32 Å². The van der Waals surface area contributed by atoms with Crippen molar-refractivity contribution in [2.24, 2.45) is 5.41 Å². The number of rotatable bonds is 4. The zero-order valence-electron chi connectivity index (χ0n) is 6.39. The quantitative estimate of drug-likeness (QED) is 0.450. The summed E-state index contributed by atoms with van der Waals surface area (Å²) in [5.41, 5.74) is 0.0981. The maximum Gasteiger partial charge on any atom is 0.207 e. The number of carbonyl (C=O) groups is 1. The molecule has 0 saturated carbocycles. The fourth-order valence-corrected chi connectivity index (χ4v) is 0.918. The second-order valence-corrected chi connectivity index (χ2v) is 3.31. The molecule has 1 heterocycles. The predicted octanol–water partition coefficient (Wildman–Crippen LogP) is 0.157. The van der Waals surface area contributed by atoms with E-state index >= 15 is 0 Å². The Morgan fingerprint density at radius 3 is 2.80 bits per heavy atom. The smallest absolute Gasteiger partial charge is 0.207 e. The van der Waals surface area contributed by atoms with Crippen molar-refractivity contribution in [3.05, 3.63) is 0 Å². The molecule has 58 valence electrons. The lowest BCUT2D eigenvalue weighted by molar-refractivity contribution is -0.110. The summed E-state index contributed by atoms with van der Waals surface area (Å²) in [5.74, 6) is 0. The van der Waals surface area contributed by atoms with Crippen molar-refractivity contribution in [3.8, 4) is 0 Å². The lowest BCUT2D eigenvalue weighted by Gasteiger charge is -2.20. The number of amides is 1. The normalized spacial score (nSPS) is 24.0. The molecule has 0 spiro atoms. The lowest BCUT2D eigenvalue weighted by atomic mass is 9.90. The van der Waals surface area contributed by atoms with Crippen LogP contribution in [-0.2, 0) is 9.53 Å². The van der Waals surface area contributed by atoms with Crippen molar-refractivity contribution >= 4 is 6.41 Å². The molecule has 1 aliphatic heterocycles. The van der Waals surface area contributed by atoms with Gasteiger partial charge in [0.25, 0.3) is 0 Å². The van der Waals surface area contributed by atoms with E-state index in [2.05, 4.69) is 19.2 Å². The molecule has 0 aromatic heterocycles. The average molecular weight is 143 g/mol. The second-order valence-electron chi connectivity index (χ2n) is 3.31. The summed E-state index contributed by atoms with van der Waals surface area (Å²) in [6, 6.07) is 0. The molecule has 0 radical (unpaired) electrons. The highest BCUT2D eigenvalue weighted by Gasteiger charge is 2.38. The van der Waals surface area contributed by atoms with E-state index in [0.717, 1.165) is 13.0 Å². The fourth-order valence-electron chi connectivity index (χ4n) is 0.918. The fraction of sp³-hybridized carbons (Fsp3) is 0.857. The molecular weight excluding hydrogens is 130 g/mol. The molecule has 0 aromatic rings. The van der Waals surface area contributed by atoms with Gasteiger partial charge in [0.15, 0.2) is 0 Å². The SMILES string of the molecule is CC(C)(CNC=O)C1CO1. The van der Waals surface area contributed by atoms with Gasteiger partial charge in [-0.3, -0.25) is 4.79 Å². The van der Waals surface area contributed by atoms with Gasteiger partial charge in [-0.1, -0.05) is 13.8 Å². The highest BCUT2D eigenvalue weighted by atomic mass is 16.6. The number of carbonyl (C=O) groups excluding carboxylic acids is 1. The van der Waals surface area contributed by atoms with E-state index < -0.39 is 0 Å². The molecule has 3 nitrogen and oxygen atoms in total. The van der Waals surface area contributed by atoms with E-state index in [4.69, 9.17) is 4.74 Å². The molecule has 0 aliphatic carbocycles. The van der Waals surface area contributed by atoms with Crippen molar-refractivity contribution in [1.29, 1.82) is 0 Å². The third-order valence-electron chi connectivity index (χ3n) is 1.85. The molecule has 1 unspecified atom stereocenters. The molecule has 3 heteroatoms. The van der Waals surface area contributed by atoms with E-state index in [-0.39, 0.29) is 5.41 Å². The summed E-state index contributed by atoms with van der Waals surface area (Å²) in [6.45, 7) is 5.71. The minimum Gasteiger partial charge on any atom is -0.372 e. The van der Waals surface area contributed by atoms with Gasteiger partial charge in [0.05, 0.1) is 12.7 Å². The Hall–Kier alpha value is -0.570. The third-order valence-corrected chi connectivity index (χ3v) is 1.85. The summed E-state index contributed by atoms with van der Waals surface area (Å²) in [5, 5.41) is 2.65. The molecule has 1 atom stereocenters. The Bertz CT molecular complexity index is 130. The van der Waals surface area contributed by atoms with Crippen LogP contribution in [0.25, 0.3) is 0 Å². The molecule has 1 amide bonds. The highest BCUT2D eigenvalue weighted by molar-refractivity contribution is 5.45. The lowest BCUT2D eigenvalue weighted by Crippen LogP contribution is -2.32. The number of hydrogen-bond donors (Lipinski definition) is 1. The minimum atomic E-state index is 0.0981. The van der Waals surface area contributed by atoms with Gasteiger partial charge in [0.2, 0.25) is 6.41 Å². The molecule has 1 rings (SSSR count). The number of nitrogens with one attached hydrogen (secondary N) is 1. The number of hydrogen-bond acceptors (Lipinski definition) is 2. The predicted molar refractivity (Wildman–Crippen MR) is 37.6 cm³/mol. The van der Waals surface area contributed by atoms with Crippen LogP contribution in [0.15, 0.2) is 0 Å². The number of ether oxygens (including phenoxy) is 1. The second kappa shape index (κ2) is 2.58. The molecule has 0 bridgehead atoms. The van der Waals surface area contributed by atoms with Crippen LogP contribution in [0.2, 0.25) is 0 Å². The van der Waals surface area contributed by atoms with Crippen LogP contribution in [0.4, 0.5) is 0 Å². The van der Waals surface area contributed by atoms with Gasteiger partial charge in [0.1, 0.15) is 0 Å². The zero-order valence-corrected chi connectivity index (χ0v) is 6.39. The first-order chi connectivity index (χ1) is 4.67. The first-order valence-corrected chi connectivity index (χ1v) is 3.45. The summed E-state index contributed by atoms with van der Waals surface area (Å²) < 4.78 is 5.11. The van der Waals surface area contributed by atoms with E-state index in [1.54, 1.807) is 0 Å². The van der Waals surface area contributed by atoms with Crippen molar-refractivity contribution in [2.75, 3.05) is 13.2 Å². The summed E-state index contributed by atoms with van der Waals surface area (Å²) in [6.07, 6.45) is 1.07. The molecule has 1 N–H and O–H groups in total. The van der Waals surface area contributed by atoms with Crippen LogP contribution in [0, 0.1) is 5.41 Å². The maximum atomic E-state index is 9.94. The Kier molecular flexibility index (Phi) is 1.94. The van der Waals surface area contributed by atoms with Gasteiger partial charge in [-0.25, -0.2) is 0 Å². The Morgan fingerprint density at radius 2 is 2.40 bits per heavy atom. The van der Waals surface area contributed by atoms with Crippen LogP contribution in [0.3, 0.4) is 0 Å². The molecule has 0 aromatic carbocycles. The maximum absolute atomic E-state index is 9.94. The Labute approximate surface area is 60.7 Å². The summed E-state index contributed by atoms with van der Waals surface area (Å²) >= 11 is 0. The zero-order chi connectivity index (χ0) is 7.61. The van der Waals surface area contributed by atoms with Gasteiger partial charge in [-0.15, -0.1) is 0 Å². The van der Waals surface area contributed by atoms with Gasteiger partial charge in [-0.05, 0) is 0 Å². The average Bonchev–Trinajstić information content (AvgIpc) is 2.64. The largest absolute Gasteiger partial charge is 0.372 e. The Balaban J connectivity index is 2.27. The molecule has 10 heavy (non-hydrogen) atoms. The Morgan fingerprint density at radius 1 is 1.80 bits per heavy atom. The molecule has 1 saturated heterocycles. The van der Waals surface area contributed by atoms with Crippen LogP contribution in [0.5, 0.6) is 0 Å². The van der Waals surface area contributed by atoms with Crippen molar-refractivity contribution in [2.45, 2.75) is 20.0 Å². The van der Waals surface area contributed by atoms with Gasteiger partial charge >= 0.3 is 0 Å².